The third kappa shape index (κ3) is 6.71. The molecule has 2 saturated heterocycles. The average molecular weight is 441 g/mol. The van der Waals surface area contributed by atoms with E-state index in [4.69, 9.17) is 14.2 Å². The second-order valence-corrected chi connectivity index (χ2v) is 7.72. The fourth-order valence-electron chi connectivity index (χ4n) is 4.59. The van der Waals surface area contributed by atoms with E-state index >= 15 is 0 Å². The van der Waals surface area contributed by atoms with Gasteiger partial charge in [-0.05, 0) is 65.2 Å². The molecule has 28 heavy (non-hydrogen) atoms. The maximum absolute atomic E-state index is 12.0. The Morgan fingerprint density at radius 3 is 2.21 bits per heavy atom. The summed E-state index contributed by atoms with van der Waals surface area (Å²) in [5.41, 5.74) is 0. The van der Waals surface area contributed by atoms with Gasteiger partial charge in [-0.25, -0.2) is 4.90 Å². The number of hydrogen-bond acceptors (Lipinski definition) is 6. The summed E-state index contributed by atoms with van der Waals surface area (Å²) in [5.74, 6) is 0.0287. The first kappa shape index (κ1) is 25.9. The highest BCUT2D eigenvalue weighted by Gasteiger charge is 2.38. The Kier molecular flexibility index (Phi) is 12.3. The molecule has 3 fully saturated rings. The van der Waals surface area contributed by atoms with Crippen LogP contribution in [0.25, 0.3) is 0 Å². The van der Waals surface area contributed by atoms with Gasteiger partial charge in [0.05, 0.1) is 18.6 Å². The molecule has 0 aromatic rings. The van der Waals surface area contributed by atoms with Crippen LogP contribution in [0.5, 0.6) is 0 Å². The van der Waals surface area contributed by atoms with E-state index in [1.54, 1.807) is 0 Å². The lowest BCUT2D eigenvalue weighted by molar-refractivity contribution is -0.217. The quantitative estimate of drug-likeness (QED) is 0.534. The van der Waals surface area contributed by atoms with Crippen molar-refractivity contribution in [3.05, 3.63) is 0 Å². The van der Waals surface area contributed by atoms with E-state index in [9.17, 15) is 4.79 Å². The maximum atomic E-state index is 12.0. The summed E-state index contributed by atoms with van der Waals surface area (Å²) >= 11 is 0. The highest BCUT2D eigenvalue weighted by molar-refractivity contribution is 5.85. The van der Waals surface area contributed by atoms with Gasteiger partial charge in [0.15, 0.2) is 6.35 Å². The van der Waals surface area contributed by atoms with E-state index in [1.165, 1.54) is 19.3 Å². The van der Waals surface area contributed by atoms with Gasteiger partial charge < -0.3 is 14.2 Å². The van der Waals surface area contributed by atoms with Crippen LogP contribution in [0.15, 0.2) is 0 Å². The van der Waals surface area contributed by atoms with Gasteiger partial charge >= 0.3 is 5.97 Å². The molecule has 0 N–H and O–H groups in total. The molecule has 3 aliphatic rings. The van der Waals surface area contributed by atoms with Crippen LogP contribution in [0, 0.1) is 5.92 Å². The van der Waals surface area contributed by atoms with Gasteiger partial charge in [0, 0.05) is 26.2 Å². The Balaban J connectivity index is 0.00000196. The SMILES string of the molecule is CCOC(=O)C1CCC(OC(N2CCCC2)N2CCC[C@@H]2OCC)CC1.Cl.Cl. The summed E-state index contributed by atoms with van der Waals surface area (Å²) in [6.07, 6.45) is 8.87. The lowest BCUT2D eigenvalue weighted by Gasteiger charge is -2.41. The van der Waals surface area contributed by atoms with Crippen LogP contribution >= 0.6 is 24.8 Å². The normalized spacial score (nSPS) is 29.7. The molecule has 2 aliphatic heterocycles. The van der Waals surface area contributed by atoms with Crippen molar-refractivity contribution in [1.29, 1.82) is 0 Å². The molecule has 1 aliphatic carbocycles. The molecular formula is C20H38Cl2N2O4. The smallest absolute Gasteiger partial charge is 0.308 e. The third-order valence-electron chi connectivity index (χ3n) is 5.94. The van der Waals surface area contributed by atoms with Gasteiger partial charge in [-0.15, -0.1) is 24.8 Å². The van der Waals surface area contributed by atoms with Crippen molar-refractivity contribution in [3.8, 4) is 0 Å². The summed E-state index contributed by atoms with van der Waals surface area (Å²) in [7, 11) is 0. The number of ether oxygens (including phenoxy) is 3. The Bertz CT molecular complexity index is 444. The Morgan fingerprint density at radius 1 is 0.929 bits per heavy atom. The molecule has 8 heteroatoms. The molecular weight excluding hydrogens is 403 g/mol. The lowest BCUT2D eigenvalue weighted by Crippen LogP contribution is -2.53. The Labute approximate surface area is 182 Å². The zero-order valence-electron chi connectivity index (χ0n) is 17.3. The molecule has 2 heterocycles. The van der Waals surface area contributed by atoms with Crippen molar-refractivity contribution in [3.63, 3.8) is 0 Å². The molecule has 0 radical (unpaired) electrons. The van der Waals surface area contributed by atoms with Crippen molar-refractivity contribution >= 4 is 30.8 Å². The average Bonchev–Trinajstić information content (AvgIpc) is 3.33. The van der Waals surface area contributed by atoms with E-state index in [2.05, 4.69) is 16.7 Å². The lowest BCUT2D eigenvalue weighted by atomic mass is 9.87. The third-order valence-corrected chi connectivity index (χ3v) is 5.94. The molecule has 0 spiro atoms. The summed E-state index contributed by atoms with van der Waals surface area (Å²) in [4.78, 5) is 16.9. The molecule has 0 bridgehead atoms. The van der Waals surface area contributed by atoms with Crippen molar-refractivity contribution in [1.82, 2.24) is 9.80 Å². The van der Waals surface area contributed by atoms with E-state index in [0.29, 0.717) is 6.61 Å². The van der Waals surface area contributed by atoms with Crippen LogP contribution < -0.4 is 0 Å². The highest BCUT2D eigenvalue weighted by atomic mass is 35.5. The van der Waals surface area contributed by atoms with E-state index in [-0.39, 0.29) is 55.4 Å². The first-order valence-corrected chi connectivity index (χ1v) is 10.7. The zero-order chi connectivity index (χ0) is 18.4. The van der Waals surface area contributed by atoms with Crippen LogP contribution in [0.3, 0.4) is 0 Å². The van der Waals surface area contributed by atoms with Crippen molar-refractivity contribution in [2.45, 2.75) is 83.9 Å². The number of carbonyl (C=O) groups excluding carboxylic acids is 1. The Hall–Kier alpha value is -0.110. The second kappa shape index (κ2) is 13.2. The Morgan fingerprint density at radius 2 is 1.61 bits per heavy atom. The number of carbonyl (C=O) groups is 1. The monoisotopic (exact) mass is 440 g/mol. The van der Waals surface area contributed by atoms with Crippen molar-refractivity contribution < 1.29 is 19.0 Å². The number of rotatable bonds is 8. The molecule has 6 nitrogen and oxygen atoms in total. The molecule has 1 unspecified atom stereocenters. The first-order chi connectivity index (χ1) is 12.7. The first-order valence-electron chi connectivity index (χ1n) is 10.7. The second-order valence-electron chi connectivity index (χ2n) is 7.72. The van der Waals surface area contributed by atoms with E-state index in [0.717, 1.165) is 58.3 Å². The number of likely N-dealkylation sites (tertiary alicyclic amines) is 2. The molecule has 2 atom stereocenters. The van der Waals surface area contributed by atoms with Crippen LogP contribution in [0.4, 0.5) is 0 Å². The minimum absolute atomic E-state index is 0. The molecule has 0 aromatic carbocycles. The molecule has 166 valence electrons. The van der Waals surface area contributed by atoms with Crippen LogP contribution in [-0.2, 0) is 19.0 Å². The minimum Gasteiger partial charge on any atom is -0.466 e. The topological polar surface area (TPSA) is 51.2 Å². The van der Waals surface area contributed by atoms with Crippen LogP contribution in [0.2, 0.25) is 0 Å². The molecule has 0 aromatic heterocycles. The van der Waals surface area contributed by atoms with E-state index in [1.807, 2.05) is 6.92 Å². The fraction of sp³-hybridized carbons (Fsp3) is 0.950. The number of hydrogen-bond donors (Lipinski definition) is 0. The largest absolute Gasteiger partial charge is 0.466 e. The van der Waals surface area contributed by atoms with Gasteiger partial charge in [0.25, 0.3) is 0 Å². The summed E-state index contributed by atoms with van der Waals surface area (Å²) in [6.45, 7) is 8.43. The zero-order valence-corrected chi connectivity index (χ0v) is 19.0. The minimum atomic E-state index is -0.0296. The van der Waals surface area contributed by atoms with Gasteiger partial charge in [0.2, 0.25) is 0 Å². The fourth-order valence-corrected chi connectivity index (χ4v) is 4.59. The number of halogens is 2. The van der Waals surface area contributed by atoms with Gasteiger partial charge in [0.1, 0.15) is 6.23 Å². The maximum Gasteiger partial charge on any atom is 0.308 e. The molecule has 1 saturated carbocycles. The summed E-state index contributed by atoms with van der Waals surface area (Å²) < 4.78 is 17.8. The molecule has 0 amide bonds. The van der Waals surface area contributed by atoms with Gasteiger partial charge in [-0.1, -0.05) is 0 Å². The number of nitrogens with zero attached hydrogens (tertiary/aromatic N) is 2. The predicted octanol–water partition coefficient (Wildman–Crippen LogP) is 3.81. The van der Waals surface area contributed by atoms with Crippen LogP contribution in [0.1, 0.15) is 65.2 Å². The highest BCUT2D eigenvalue weighted by Crippen LogP contribution is 2.32. The molecule has 3 rings (SSSR count). The number of esters is 1. The standard InChI is InChI=1S/C20H36N2O4.2ClH/c1-3-24-18-8-7-15-22(18)20(21-13-5-6-14-21)26-17-11-9-16(10-12-17)19(23)25-4-2;;/h16-18,20H,3-15H2,1-2H3;2*1H/t16?,17?,18-,20?;;/m0../s1. The van der Waals surface area contributed by atoms with Gasteiger partial charge in [-0.2, -0.15) is 0 Å². The van der Waals surface area contributed by atoms with Crippen molar-refractivity contribution in [2.24, 2.45) is 5.92 Å². The van der Waals surface area contributed by atoms with Gasteiger partial charge in [-0.3, -0.25) is 9.69 Å². The van der Waals surface area contributed by atoms with Crippen molar-refractivity contribution in [2.75, 3.05) is 32.8 Å². The summed E-state index contributed by atoms with van der Waals surface area (Å²) in [6, 6.07) is 0. The van der Waals surface area contributed by atoms with Crippen LogP contribution in [-0.4, -0.2) is 67.3 Å². The van der Waals surface area contributed by atoms with E-state index < -0.39 is 0 Å². The summed E-state index contributed by atoms with van der Waals surface area (Å²) in [5, 5.41) is 0. The predicted molar refractivity (Wildman–Crippen MR) is 114 cm³/mol.